The van der Waals surface area contributed by atoms with E-state index in [4.69, 9.17) is 0 Å². The molecule has 64 valence electrons. The summed E-state index contributed by atoms with van der Waals surface area (Å²) in [5, 5.41) is 0. The van der Waals surface area contributed by atoms with E-state index in [0.29, 0.717) is 0 Å². The Hall–Kier alpha value is -0.830. The lowest BCUT2D eigenvalue weighted by atomic mass is 10.3. The van der Waals surface area contributed by atoms with Gasteiger partial charge in [-0.05, 0) is 19.1 Å². The van der Waals surface area contributed by atoms with Crippen molar-refractivity contribution in [2.75, 3.05) is 5.75 Å². The van der Waals surface area contributed by atoms with E-state index in [2.05, 4.69) is 28.7 Å². The summed E-state index contributed by atoms with van der Waals surface area (Å²) in [6.07, 6.45) is 8.70. The molecular formula is C9H12N2S. The lowest BCUT2D eigenvalue weighted by molar-refractivity contribution is 1.05. The predicted molar refractivity (Wildman–Crippen MR) is 54.3 cm³/mol. The van der Waals surface area contributed by atoms with E-state index in [-0.39, 0.29) is 0 Å². The zero-order valence-corrected chi connectivity index (χ0v) is 7.96. The molecule has 0 spiro atoms. The highest BCUT2D eigenvalue weighted by molar-refractivity contribution is 7.80. The average molecular weight is 180 g/mol. The van der Waals surface area contributed by atoms with Gasteiger partial charge in [-0.25, -0.2) is 9.97 Å². The van der Waals surface area contributed by atoms with E-state index in [1.165, 1.54) is 0 Å². The number of nitrogens with zero attached hydrogens (tertiary/aromatic N) is 2. The highest BCUT2D eigenvalue weighted by Crippen LogP contribution is 1.99. The van der Waals surface area contributed by atoms with E-state index in [0.717, 1.165) is 23.6 Å². The minimum absolute atomic E-state index is 0.807. The highest BCUT2D eigenvalue weighted by Gasteiger charge is 1.87. The number of rotatable bonds is 3. The summed E-state index contributed by atoms with van der Waals surface area (Å²) in [7, 11) is 0. The maximum absolute atomic E-state index is 4.10. The Bertz CT molecular complexity index is 254. The predicted octanol–water partition coefficient (Wildman–Crippen LogP) is 2.12. The van der Waals surface area contributed by atoms with Crippen LogP contribution in [0.15, 0.2) is 18.5 Å². The minimum atomic E-state index is 0.807. The summed E-state index contributed by atoms with van der Waals surface area (Å²) in [6.45, 7) is 1.88. The summed E-state index contributed by atoms with van der Waals surface area (Å²) < 4.78 is 0. The van der Waals surface area contributed by atoms with Crippen LogP contribution in [0.2, 0.25) is 0 Å². The largest absolute Gasteiger partial charge is 0.241 e. The molecule has 0 amide bonds. The molecule has 1 aromatic heterocycles. The number of allylic oxidation sites excluding steroid dienone is 1. The van der Waals surface area contributed by atoms with Gasteiger partial charge in [0.25, 0.3) is 0 Å². The third-order valence-corrected chi connectivity index (χ3v) is 1.67. The van der Waals surface area contributed by atoms with Gasteiger partial charge in [0, 0.05) is 18.0 Å². The van der Waals surface area contributed by atoms with Gasteiger partial charge >= 0.3 is 0 Å². The van der Waals surface area contributed by atoms with E-state index in [1.54, 1.807) is 0 Å². The first-order valence-electron chi connectivity index (χ1n) is 3.89. The maximum Gasteiger partial charge on any atom is 0.125 e. The summed E-state index contributed by atoms with van der Waals surface area (Å²) in [5.41, 5.74) is 1.04. The molecule has 0 saturated heterocycles. The lowest BCUT2D eigenvalue weighted by Crippen LogP contribution is -1.85. The van der Waals surface area contributed by atoms with Crippen molar-refractivity contribution in [3.63, 3.8) is 0 Å². The maximum atomic E-state index is 4.10. The molecule has 3 heteroatoms. The van der Waals surface area contributed by atoms with Crippen LogP contribution < -0.4 is 0 Å². The molecule has 0 unspecified atom stereocenters. The molecule has 0 radical (unpaired) electrons. The Morgan fingerprint density at radius 2 is 2.08 bits per heavy atom. The molecule has 1 aromatic rings. The number of hydrogen-bond acceptors (Lipinski definition) is 3. The van der Waals surface area contributed by atoms with Crippen molar-refractivity contribution in [3.05, 3.63) is 29.9 Å². The van der Waals surface area contributed by atoms with E-state index in [9.17, 15) is 0 Å². The summed E-state index contributed by atoms with van der Waals surface area (Å²) >= 11 is 4.10. The molecule has 0 fully saturated rings. The first-order valence-corrected chi connectivity index (χ1v) is 4.52. The summed E-state index contributed by atoms with van der Waals surface area (Å²) in [5.74, 6) is 1.68. The van der Waals surface area contributed by atoms with Gasteiger partial charge in [-0.3, -0.25) is 0 Å². The van der Waals surface area contributed by atoms with Gasteiger partial charge in [0.05, 0.1) is 0 Å². The second-order valence-corrected chi connectivity index (χ2v) is 2.93. The molecule has 1 heterocycles. The zero-order valence-electron chi connectivity index (χ0n) is 7.07. The van der Waals surface area contributed by atoms with E-state index < -0.39 is 0 Å². The minimum Gasteiger partial charge on any atom is -0.241 e. The molecular weight excluding hydrogens is 168 g/mol. The molecule has 0 aliphatic heterocycles. The molecule has 0 atom stereocenters. The van der Waals surface area contributed by atoms with Crippen molar-refractivity contribution in [1.29, 1.82) is 0 Å². The van der Waals surface area contributed by atoms with Crippen LogP contribution in [0.25, 0.3) is 6.08 Å². The van der Waals surface area contributed by atoms with Crippen molar-refractivity contribution < 1.29 is 0 Å². The fourth-order valence-electron chi connectivity index (χ4n) is 0.783. The Kier molecular flexibility index (Phi) is 3.80. The normalized spacial score (nSPS) is 10.8. The molecule has 0 aliphatic rings. The van der Waals surface area contributed by atoms with Crippen LogP contribution in [-0.2, 0) is 0 Å². The lowest BCUT2D eigenvalue weighted by Gasteiger charge is -1.92. The quantitative estimate of drug-likeness (QED) is 0.721. The van der Waals surface area contributed by atoms with Gasteiger partial charge in [0.1, 0.15) is 5.82 Å². The number of aromatic nitrogens is 2. The number of hydrogen-bond donors (Lipinski definition) is 1. The number of thiol groups is 1. The SMILES string of the molecule is Cc1ncc(C=CCCS)cn1. The van der Waals surface area contributed by atoms with Crippen molar-refractivity contribution in [3.8, 4) is 0 Å². The summed E-state index contributed by atoms with van der Waals surface area (Å²) in [4.78, 5) is 8.15. The van der Waals surface area contributed by atoms with Gasteiger partial charge in [-0.15, -0.1) is 0 Å². The van der Waals surface area contributed by atoms with Crippen molar-refractivity contribution in [1.82, 2.24) is 9.97 Å². The molecule has 0 saturated carbocycles. The van der Waals surface area contributed by atoms with Gasteiger partial charge in [-0.1, -0.05) is 12.2 Å². The Morgan fingerprint density at radius 1 is 1.42 bits per heavy atom. The molecule has 0 aromatic carbocycles. The van der Waals surface area contributed by atoms with E-state index in [1.807, 2.05) is 25.4 Å². The van der Waals surface area contributed by atoms with E-state index >= 15 is 0 Å². The van der Waals surface area contributed by atoms with Crippen LogP contribution in [0.3, 0.4) is 0 Å². The van der Waals surface area contributed by atoms with Crippen LogP contribution >= 0.6 is 12.6 Å². The van der Waals surface area contributed by atoms with Crippen LogP contribution in [0, 0.1) is 6.92 Å². The monoisotopic (exact) mass is 180 g/mol. The second kappa shape index (κ2) is 4.93. The molecule has 0 bridgehead atoms. The first kappa shape index (κ1) is 9.26. The Balaban J connectivity index is 2.58. The van der Waals surface area contributed by atoms with Gasteiger partial charge in [0.15, 0.2) is 0 Å². The Morgan fingerprint density at radius 3 is 2.67 bits per heavy atom. The fourth-order valence-corrected chi connectivity index (χ4v) is 0.932. The zero-order chi connectivity index (χ0) is 8.81. The van der Waals surface area contributed by atoms with Crippen molar-refractivity contribution in [2.45, 2.75) is 13.3 Å². The average Bonchev–Trinajstić information content (AvgIpc) is 2.09. The topological polar surface area (TPSA) is 25.8 Å². The van der Waals surface area contributed by atoms with Crippen molar-refractivity contribution >= 4 is 18.7 Å². The molecule has 0 aliphatic carbocycles. The first-order chi connectivity index (χ1) is 5.83. The van der Waals surface area contributed by atoms with Gasteiger partial charge < -0.3 is 0 Å². The smallest absolute Gasteiger partial charge is 0.125 e. The number of aryl methyl sites for hydroxylation is 1. The molecule has 12 heavy (non-hydrogen) atoms. The fraction of sp³-hybridized carbons (Fsp3) is 0.333. The standard InChI is InChI=1S/C9H12N2S/c1-8-10-6-9(7-11-8)4-2-3-5-12/h2,4,6-7,12H,3,5H2,1H3. The summed E-state index contributed by atoms with van der Waals surface area (Å²) in [6, 6.07) is 0. The molecule has 1 rings (SSSR count). The van der Waals surface area contributed by atoms with Crippen LogP contribution in [-0.4, -0.2) is 15.7 Å². The highest BCUT2D eigenvalue weighted by atomic mass is 32.1. The molecule has 0 N–H and O–H groups in total. The molecule has 2 nitrogen and oxygen atoms in total. The van der Waals surface area contributed by atoms with Gasteiger partial charge in [0.2, 0.25) is 0 Å². The third kappa shape index (κ3) is 3.05. The van der Waals surface area contributed by atoms with Crippen molar-refractivity contribution in [2.24, 2.45) is 0 Å². The van der Waals surface area contributed by atoms with Gasteiger partial charge in [-0.2, -0.15) is 12.6 Å². The van der Waals surface area contributed by atoms with Crippen LogP contribution in [0.4, 0.5) is 0 Å². The second-order valence-electron chi connectivity index (χ2n) is 2.48. The third-order valence-electron chi connectivity index (χ3n) is 1.41. The van der Waals surface area contributed by atoms with Crippen LogP contribution in [0.1, 0.15) is 17.8 Å². The Labute approximate surface area is 78.2 Å². The van der Waals surface area contributed by atoms with Crippen LogP contribution in [0.5, 0.6) is 0 Å².